The average Bonchev–Trinajstić information content (AvgIpc) is 2.70. The van der Waals surface area contributed by atoms with Gasteiger partial charge < -0.3 is 0 Å². The summed E-state index contributed by atoms with van der Waals surface area (Å²) in [7, 11) is 0. The zero-order valence-corrected chi connectivity index (χ0v) is 15.6. The molecule has 126 valence electrons. The smallest absolute Gasteiger partial charge is 0.0156 e. The van der Waals surface area contributed by atoms with Gasteiger partial charge in [0, 0.05) is 0 Å². The van der Waals surface area contributed by atoms with Crippen LogP contribution in [0.5, 0.6) is 0 Å². The normalized spacial score (nSPS) is 11.6. The summed E-state index contributed by atoms with van der Waals surface area (Å²) in [5.74, 6) is 2.55. The highest BCUT2D eigenvalue weighted by Gasteiger charge is 2.23. The predicted molar refractivity (Wildman–Crippen MR) is 115 cm³/mol. The lowest BCUT2D eigenvalue weighted by atomic mass is 10.3. The minimum atomic E-state index is -1.77. The highest BCUT2D eigenvalue weighted by molar-refractivity contribution is 7.94. The van der Waals surface area contributed by atoms with E-state index in [0.717, 1.165) is 12.8 Å². The largest absolute Gasteiger partial charge is 0.0885 e. The third-order valence-corrected chi connectivity index (χ3v) is 8.50. The number of benzene rings is 3. The summed E-state index contributed by atoms with van der Waals surface area (Å²) < 4.78 is 0. The van der Waals surface area contributed by atoms with Crippen molar-refractivity contribution in [1.29, 1.82) is 0 Å². The second-order valence-electron chi connectivity index (χ2n) is 6.03. The van der Waals surface area contributed by atoms with Crippen LogP contribution in [0.4, 0.5) is 0 Å². The molecule has 0 aliphatic carbocycles. The zero-order valence-electron chi connectivity index (χ0n) is 14.8. The standard InChI is InChI=1S/C24H25P/c1-2-3-4-14-21-25(22-15-8-5-9-16-22,23-17-10-6-11-18-23)24-19-12-7-13-20-24/h3-13,15-21H,2,14H2,1H3/b4-3-. The first kappa shape index (κ1) is 17.5. The molecule has 0 amide bonds. The topological polar surface area (TPSA) is 0 Å². The fraction of sp³-hybridized carbons (Fsp3) is 0.125. The quantitative estimate of drug-likeness (QED) is 0.429. The van der Waals surface area contributed by atoms with Crippen molar-refractivity contribution in [2.24, 2.45) is 0 Å². The molecule has 0 fully saturated rings. The molecule has 25 heavy (non-hydrogen) atoms. The maximum atomic E-state index is 2.55. The Balaban J connectivity index is 2.30. The third kappa shape index (κ3) is 3.86. The van der Waals surface area contributed by atoms with E-state index in [1.54, 1.807) is 0 Å². The Kier molecular flexibility index (Phi) is 6.09. The van der Waals surface area contributed by atoms with Crippen molar-refractivity contribution in [2.75, 3.05) is 0 Å². The van der Waals surface area contributed by atoms with Gasteiger partial charge in [-0.2, -0.15) is 0 Å². The van der Waals surface area contributed by atoms with Gasteiger partial charge in [-0.1, -0.05) is 116 Å². The van der Waals surface area contributed by atoms with Gasteiger partial charge in [0.1, 0.15) is 0 Å². The number of hydrogen-bond donors (Lipinski definition) is 0. The first-order chi connectivity index (χ1) is 12.4. The van der Waals surface area contributed by atoms with E-state index in [0.29, 0.717) is 0 Å². The number of rotatable bonds is 6. The van der Waals surface area contributed by atoms with Crippen LogP contribution in [-0.4, -0.2) is 5.80 Å². The monoisotopic (exact) mass is 344 g/mol. The molecule has 0 spiro atoms. The molecule has 1 heteroatoms. The predicted octanol–water partition coefficient (Wildman–Crippen LogP) is 5.14. The summed E-state index contributed by atoms with van der Waals surface area (Å²) in [5, 5.41) is 4.24. The molecule has 3 aromatic rings. The maximum absolute atomic E-state index is 2.55. The van der Waals surface area contributed by atoms with Crippen LogP contribution in [0.1, 0.15) is 19.8 Å². The molecule has 0 N–H and O–H groups in total. The summed E-state index contributed by atoms with van der Waals surface area (Å²) in [6.45, 7) is 0.415. The van der Waals surface area contributed by atoms with Crippen LogP contribution in [0.3, 0.4) is 0 Å². The molecule has 0 bridgehead atoms. The van der Waals surface area contributed by atoms with Crippen molar-refractivity contribution in [3.63, 3.8) is 0 Å². The Hall–Kier alpha value is -2.30. The molecule has 0 radical (unpaired) electrons. The van der Waals surface area contributed by atoms with E-state index in [-0.39, 0.29) is 0 Å². The number of allylic oxidation sites excluding steroid dienone is 2. The fourth-order valence-corrected chi connectivity index (χ4v) is 7.13. The van der Waals surface area contributed by atoms with Crippen LogP contribution in [0, 0.1) is 0 Å². The van der Waals surface area contributed by atoms with E-state index >= 15 is 0 Å². The lowest BCUT2D eigenvalue weighted by Crippen LogP contribution is -2.26. The molecule has 3 rings (SSSR count). The summed E-state index contributed by atoms with van der Waals surface area (Å²) in [4.78, 5) is 0. The Morgan fingerprint density at radius 1 is 0.600 bits per heavy atom. The molecule has 0 aliphatic rings. The third-order valence-electron chi connectivity index (χ3n) is 4.41. The molecular formula is C24H25P. The van der Waals surface area contributed by atoms with Crippen LogP contribution < -0.4 is 15.9 Å². The molecule has 0 atom stereocenters. The van der Waals surface area contributed by atoms with Gasteiger partial charge in [-0.15, -0.1) is 0 Å². The van der Waals surface area contributed by atoms with Crippen LogP contribution in [0.25, 0.3) is 0 Å². The Morgan fingerprint density at radius 2 is 1.00 bits per heavy atom. The van der Waals surface area contributed by atoms with E-state index in [4.69, 9.17) is 0 Å². The molecule has 0 nitrogen and oxygen atoms in total. The van der Waals surface area contributed by atoms with Crippen LogP contribution >= 0.6 is 6.89 Å². The van der Waals surface area contributed by atoms with Gasteiger partial charge in [-0.25, -0.2) is 0 Å². The zero-order chi connectivity index (χ0) is 17.4. The first-order valence-corrected chi connectivity index (χ1v) is 10.8. The average molecular weight is 344 g/mol. The lowest BCUT2D eigenvalue weighted by molar-refractivity contribution is 1.21. The van der Waals surface area contributed by atoms with Crippen molar-refractivity contribution in [3.8, 4) is 0 Å². The molecule has 0 aliphatic heterocycles. The van der Waals surface area contributed by atoms with Gasteiger partial charge in [0.25, 0.3) is 0 Å². The summed E-state index contributed by atoms with van der Waals surface area (Å²) >= 11 is 0. The van der Waals surface area contributed by atoms with E-state index < -0.39 is 6.89 Å². The molecule has 0 unspecified atom stereocenters. The van der Waals surface area contributed by atoms with Gasteiger partial charge in [-0.3, -0.25) is 0 Å². The van der Waals surface area contributed by atoms with Crippen molar-refractivity contribution < 1.29 is 0 Å². The van der Waals surface area contributed by atoms with Crippen LogP contribution in [0.2, 0.25) is 0 Å². The second kappa shape index (κ2) is 8.70. The molecule has 3 aromatic carbocycles. The van der Waals surface area contributed by atoms with Gasteiger partial charge in [0.05, 0.1) is 0 Å². The fourth-order valence-electron chi connectivity index (χ4n) is 3.23. The van der Waals surface area contributed by atoms with Gasteiger partial charge >= 0.3 is 0 Å². The SMILES string of the molecule is CC/C=C\CC=P(c1ccccc1)(c1ccccc1)c1ccccc1. The van der Waals surface area contributed by atoms with Crippen LogP contribution in [-0.2, 0) is 0 Å². The van der Waals surface area contributed by atoms with Crippen molar-refractivity contribution in [3.05, 3.63) is 103 Å². The van der Waals surface area contributed by atoms with Crippen molar-refractivity contribution in [2.45, 2.75) is 19.8 Å². The minimum Gasteiger partial charge on any atom is -0.0885 e. The van der Waals surface area contributed by atoms with Gasteiger partial charge in [-0.05, 0) is 35.6 Å². The Morgan fingerprint density at radius 3 is 1.36 bits per heavy atom. The summed E-state index contributed by atoms with van der Waals surface area (Å²) in [6, 6.07) is 33.0. The highest BCUT2D eigenvalue weighted by Crippen LogP contribution is 2.43. The molecule has 0 aromatic heterocycles. The number of hydrogen-bond acceptors (Lipinski definition) is 0. The summed E-state index contributed by atoms with van der Waals surface area (Å²) in [6.07, 6.45) is 6.62. The van der Waals surface area contributed by atoms with E-state index in [1.165, 1.54) is 15.9 Å². The van der Waals surface area contributed by atoms with Gasteiger partial charge in [0.2, 0.25) is 0 Å². The molecular weight excluding hydrogens is 319 g/mol. The molecule has 0 saturated heterocycles. The summed E-state index contributed by atoms with van der Waals surface area (Å²) in [5.41, 5.74) is 0. The van der Waals surface area contributed by atoms with Crippen LogP contribution in [0.15, 0.2) is 103 Å². The van der Waals surface area contributed by atoms with Crippen molar-refractivity contribution >= 4 is 28.6 Å². The van der Waals surface area contributed by atoms with E-state index in [1.807, 2.05) is 0 Å². The van der Waals surface area contributed by atoms with Crippen molar-refractivity contribution in [1.82, 2.24) is 0 Å². The maximum Gasteiger partial charge on any atom is -0.0156 e. The lowest BCUT2D eigenvalue weighted by Gasteiger charge is -2.28. The minimum absolute atomic E-state index is 0.986. The molecule has 0 saturated carbocycles. The Labute approximate surface area is 151 Å². The Bertz CT molecular complexity index is 743. The van der Waals surface area contributed by atoms with E-state index in [2.05, 4.69) is 116 Å². The highest BCUT2D eigenvalue weighted by atomic mass is 31.2. The second-order valence-corrected chi connectivity index (χ2v) is 9.39. The van der Waals surface area contributed by atoms with Gasteiger partial charge in [0.15, 0.2) is 0 Å². The first-order valence-electron chi connectivity index (χ1n) is 8.93. The van der Waals surface area contributed by atoms with E-state index in [9.17, 15) is 0 Å². The molecule has 0 heterocycles.